The maximum absolute atomic E-state index is 11.7. The van der Waals surface area contributed by atoms with E-state index in [1.165, 1.54) is 17.7 Å². The Labute approximate surface area is 137 Å². The van der Waals surface area contributed by atoms with Gasteiger partial charge in [-0.2, -0.15) is 0 Å². The second-order valence-corrected chi connectivity index (χ2v) is 6.56. The molecule has 0 radical (unpaired) electrons. The van der Waals surface area contributed by atoms with Crippen molar-refractivity contribution in [2.75, 3.05) is 33.2 Å². The number of likely N-dealkylation sites (tertiary alicyclic amines) is 1. The van der Waals surface area contributed by atoms with Crippen molar-refractivity contribution in [1.82, 2.24) is 15.5 Å². The molecular weight excluding hydrogens is 306 g/mol. The summed E-state index contributed by atoms with van der Waals surface area (Å²) in [5.41, 5.74) is 0. The summed E-state index contributed by atoms with van der Waals surface area (Å²) < 4.78 is 0. The second kappa shape index (κ2) is 9.41. The molecule has 1 amide bonds. The van der Waals surface area contributed by atoms with Crippen molar-refractivity contribution in [3.63, 3.8) is 0 Å². The van der Waals surface area contributed by atoms with Crippen LogP contribution >= 0.6 is 23.7 Å². The van der Waals surface area contributed by atoms with Crippen molar-refractivity contribution in [3.05, 3.63) is 22.4 Å². The Bertz CT molecular complexity index is 405. The Morgan fingerprint density at radius 1 is 1.48 bits per heavy atom. The number of carbonyl (C=O) groups is 1. The number of hydrogen-bond acceptors (Lipinski definition) is 4. The number of rotatable bonds is 6. The van der Waals surface area contributed by atoms with E-state index in [9.17, 15) is 4.79 Å². The molecule has 1 aliphatic heterocycles. The Balaban J connectivity index is 0.00000220. The fourth-order valence-corrected chi connectivity index (χ4v) is 3.53. The molecule has 1 unspecified atom stereocenters. The quantitative estimate of drug-likeness (QED) is 0.840. The molecule has 0 bridgehead atoms. The number of thiophene rings is 1. The molecule has 120 valence electrons. The van der Waals surface area contributed by atoms with E-state index in [1.807, 2.05) is 0 Å². The number of halogens is 1. The SMILES string of the molecule is CNCC(=O)NCC(c1cccs1)N1CCC(C)CC1.Cl. The molecule has 2 heterocycles. The summed E-state index contributed by atoms with van der Waals surface area (Å²) in [4.78, 5) is 15.5. The molecule has 1 aromatic heterocycles. The fourth-order valence-electron chi connectivity index (χ4n) is 2.66. The lowest BCUT2D eigenvalue weighted by atomic mass is 9.97. The third-order valence-electron chi connectivity index (χ3n) is 3.96. The van der Waals surface area contributed by atoms with Crippen molar-refractivity contribution >= 4 is 29.7 Å². The fraction of sp³-hybridized carbons (Fsp3) is 0.667. The molecular formula is C15H26ClN3OS. The molecule has 0 saturated carbocycles. The summed E-state index contributed by atoms with van der Waals surface area (Å²) in [5, 5.41) is 8.05. The van der Waals surface area contributed by atoms with Gasteiger partial charge in [0.2, 0.25) is 5.91 Å². The second-order valence-electron chi connectivity index (χ2n) is 5.58. The lowest BCUT2D eigenvalue weighted by molar-refractivity contribution is -0.120. The number of piperidine rings is 1. The monoisotopic (exact) mass is 331 g/mol. The Hall–Kier alpha value is -0.620. The molecule has 1 atom stereocenters. The van der Waals surface area contributed by atoms with Crippen LogP contribution in [0.25, 0.3) is 0 Å². The minimum absolute atomic E-state index is 0. The van der Waals surface area contributed by atoms with Crippen LogP contribution in [0.4, 0.5) is 0 Å². The van der Waals surface area contributed by atoms with Gasteiger partial charge in [0.1, 0.15) is 0 Å². The van der Waals surface area contributed by atoms with Gasteiger partial charge in [0.25, 0.3) is 0 Å². The summed E-state index contributed by atoms with van der Waals surface area (Å²) in [5.74, 6) is 0.897. The van der Waals surface area contributed by atoms with E-state index in [2.05, 4.69) is 40.0 Å². The number of likely N-dealkylation sites (N-methyl/N-ethyl adjacent to an activating group) is 1. The van der Waals surface area contributed by atoms with Crippen LogP contribution in [0.3, 0.4) is 0 Å². The first-order valence-electron chi connectivity index (χ1n) is 7.39. The van der Waals surface area contributed by atoms with Gasteiger partial charge in [-0.1, -0.05) is 13.0 Å². The molecule has 4 nitrogen and oxygen atoms in total. The predicted molar refractivity (Wildman–Crippen MR) is 91.2 cm³/mol. The summed E-state index contributed by atoms with van der Waals surface area (Å²) >= 11 is 1.78. The van der Waals surface area contributed by atoms with E-state index in [4.69, 9.17) is 0 Å². The van der Waals surface area contributed by atoms with Crippen molar-refractivity contribution < 1.29 is 4.79 Å². The highest BCUT2D eigenvalue weighted by Crippen LogP contribution is 2.28. The van der Waals surface area contributed by atoms with Crippen molar-refractivity contribution in [2.45, 2.75) is 25.8 Å². The van der Waals surface area contributed by atoms with Crippen LogP contribution in [0.1, 0.15) is 30.7 Å². The molecule has 1 aromatic rings. The van der Waals surface area contributed by atoms with Gasteiger partial charge in [0.15, 0.2) is 0 Å². The normalized spacial score (nSPS) is 18.0. The van der Waals surface area contributed by atoms with Gasteiger partial charge in [-0.3, -0.25) is 9.69 Å². The molecule has 2 N–H and O–H groups in total. The minimum Gasteiger partial charge on any atom is -0.353 e. The van der Waals surface area contributed by atoms with E-state index < -0.39 is 0 Å². The van der Waals surface area contributed by atoms with Gasteiger partial charge in [-0.25, -0.2) is 0 Å². The average Bonchev–Trinajstić information content (AvgIpc) is 2.95. The van der Waals surface area contributed by atoms with Crippen LogP contribution in [-0.4, -0.2) is 44.0 Å². The lowest BCUT2D eigenvalue weighted by Gasteiger charge is -2.36. The zero-order valence-corrected chi connectivity index (χ0v) is 14.4. The summed E-state index contributed by atoms with van der Waals surface area (Å²) in [6.07, 6.45) is 2.51. The molecule has 1 aliphatic rings. The Morgan fingerprint density at radius 3 is 2.76 bits per heavy atom. The van der Waals surface area contributed by atoms with Gasteiger partial charge in [0.05, 0.1) is 12.6 Å². The third-order valence-corrected chi connectivity index (χ3v) is 4.93. The van der Waals surface area contributed by atoms with Gasteiger partial charge in [0, 0.05) is 11.4 Å². The van der Waals surface area contributed by atoms with E-state index in [0.717, 1.165) is 19.0 Å². The summed E-state index contributed by atoms with van der Waals surface area (Å²) in [6, 6.07) is 4.59. The van der Waals surface area contributed by atoms with Crippen LogP contribution in [0.15, 0.2) is 17.5 Å². The largest absolute Gasteiger partial charge is 0.353 e. The van der Waals surface area contributed by atoms with Gasteiger partial charge in [-0.05, 0) is 50.3 Å². The standard InChI is InChI=1S/C15H25N3OS.ClH/c1-12-5-7-18(8-6-12)13(14-4-3-9-20-14)10-17-15(19)11-16-2;/h3-4,9,12-13,16H,5-8,10-11H2,1-2H3,(H,17,19);1H. The third kappa shape index (κ3) is 5.58. The van der Waals surface area contributed by atoms with Crippen molar-refractivity contribution in [3.8, 4) is 0 Å². The van der Waals surface area contributed by atoms with Gasteiger partial charge < -0.3 is 10.6 Å². The van der Waals surface area contributed by atoms with Crippen molar-refractivity contribution in [2.24, 2.45) is 5.92 Å². The highest BCUT2D eigenvalue weighted by molar-refractivity contribution is 7.10. The number of hydrogen-bond donors (Lipinski definition) is 2. The summed E-state index contributed by atoms with van der Waals surface area (Å²) in [7, 11) is 1.79. The first-order chi connectivity index (χ1) is 9.70. The van der Waals surface area contributed by atoms with Gasteiger partial charge in [-0.15, -0.1) is 23.7 Å². The highest BCUT2D eigenvalue weighted by Gasteiger charge is 2.25. The topological polar surface area (TPSA) is 44.4 Å². The van der Waals surface area contributed by atoms with Crippen LogP contribution in [0, 0.1) is 5.92 Å². The molecule has 0 spiro atoms. The van der Waals surface area contributed by atoms with E-state index in [-0.39, 0.29) is 18.3 Å². The minimum atomic E-state index is 0. The van der Waals surface area contributed by atoms with Gasteiger partial charge >= 0.3 is 0 Å². The molecule has 0 aromatic carbocycles. The number of nitrogens with zero attached hydrogens (tertiary/aromatic N) is 1. The van der Waals surface area contributed by atoms with E-state index in [0.29, 0.717) is 19.1 Å². The molecule has 0 aliphatic carbocycles. The predicted octanol–water partition coefficient (Wildman–Crippen LogP) is 2.28. The lowest BCUT2D eigenvalue weighted by Crippen LogP contribution is -2.43. The molecule has 1 saturated heterocycles. The zero-order valence-electron chi connectivity index (χ0n) is 12.8. The first-order valence-corrected chi connectivity index (χ1v) is 8.27. The number of amides is 1. The van der Waals surface area contributed by atoms with E-state index in [1.54, 1.807) is 18.4 Å². The average molecular weight is 332 g/mol. The Morgan fingerprint density at radius 2 is 2.19 bits per heavy atom. The number of nitrogens with one attached hydrogen (secondary N) is 2. The molecule has 6 heteroatoms. The zero-order chi connectivity index (χ0) is 14.4. The maximum Gasteiger partial charge on any atom is 0.234 e. The van der Waals surface area contributed by atoms with Crippen LogP contribution in [-0.2, 0) is 4.79 Å². The summed E-state index contributed by atoms with van der Waals surface area (Å²) in [6.45, 7) is 5.67. The Kier molecular flexibility index (Phi) is 8.26. The van der Waals surface area contributed by atoms with Crippen LogP contribution in [0.5, 0.6) is 0 Å². The molecule has 2 rings (SSSR count). The van der Waals surface area contributed by atoms with Crippen LogP contribution in [0.2, 0.25) is 0 Å². The first kappa shape index (κ1) is 18.4. The van der Waals surface area contributed by atoms with E-state index >= 15 is 0 Å². The smallest absolute Gasteiger partial charge is 0.234 e. The van der Waals surface area contributed by atoms with Crippen molar-refractivity contribution in [1.29, 1.82) is 0 Å². The molecule has 21 heavy (non-hydrogen) atoms. The maximum atomic E-state index is 11.7. The molecule has 1 fully saturated rings. The highest BCUT2D eigenvalue weighted by atomic mass is 35.5. The number of carbonyl (C=O) groups excluding carboxylic acids is 1. The van der Waals surface area contributed by atoms with Crippen LogP contribution < -0.4 is 10.6 Å².